The van der Waals surface area contributed by atoms with Crippen molar-refractivity contribution >= 4 is 11.6 Å². The number of nitrogens with zero attached hydrogens (tertiary/aromatic N) is 2. The van der Waals surface area contributed by atoms with Gasteiger partial charge in [-0.2, -0.15) is 4.98 Å². The SMILES string of the molecule is O=c1nc(-c2ccc(F)cc2F)n(-c2ccc(Cl)cc2)[nH]1. The van der Waals surface area contributed by atoms with Gasteiger partial charge in [-0.05, 0) is 36.4 Å². The van der Waals surface area contributed by atoms with Crippen LogP contribution in [-0.4, -0.2) is 14.8 Å². The van der Waals surface area contributed by atoms with Crippen LogP contribution >= 0.6 is 11.6 Å². The minimum atomic E-state index is -0.802. The summed E-state index contributed by atoms with van der Waals surface area (Å²) in [5.41, 5.74) is -0.0684. The number of H-pyrrole nitrogens is 1. The summed E-state index contributed by atoms with van der Waals surface area (Å²) in [6.45, 7) is 0. The lowest BCUT2D eigenvalue weighted by Crippen LogP contribution is -2.05. The van der Waals surface area contributed by atoms with E-state index < -0.39 is 17.3 Å². The maximum absolute atomic E-state index is 13.9. The second kappa shape index (κ2) is 5.14. The fraction of sp³-hybridized carbons (Fsp3) is 0. The van der Waals surface area contributed by atoms with Gasteiger partial charge in [0, 0.05) is 11.1 Å². The first-order chi connectivity index (χ1) is 10.0. The molecule has 0 spiro atoms. The number of benzene rings is 2. The van der Waals surface area contributed by atoms with E-state index in [9.17, 15) is 13.6 Å². The third-order valence-corrected chi connectivity index (χ3v) is 3.14. The van der Waals surface area contributed by atoms with Gasteiger partial charge in [0.1, 0.15) is 11.6 Å². The highest BCUT2D eigenvalue weighted by molar-refractivity contribution is 6.30. The molecule has 1 aromatic heterocycles. The number of aromatic amines is 1. The van der Waals surface area contributed by atoms with Gasteiger partial charge in [-0.25, -0.2) is 23.4 Å². The van der Waals surface area contributed by atoms with Crippen molar-refractivity contribution in [2.24, 2.45) is 0 Å². The van der Waals surface area contributed by atoms with E-state index in [4.69, 9.17) is 11.6 Å². The zero-order chi connectivity index (χ0) is 15.0. The van der Waals surface area contributed by atoms with E-state index in [2.05, 4.69) is 10.1 Å². The van der Waals surface area contributed by atoms with Gasteiger partial charge in [-0.15, -0.1) is 0 Å². The van der Waals surface area contributed by atoms with Gasteiger partial charge in [-0.1, -0.05) is 11.6 Å². The molecule has 0 aliphatic heterocycles. The van der Waals surface area contributed by atoms with Crippen LogP contribution in [0.2, 0.25) is 5.02 Å². The molecule has 2 aromatic carbocycles. The highest BCUT2D eigenvalue weighted by atomic mass is 35.5. The first-order valence-corrected chi connectivity index (χ1v) is 6.33. The molecule has 1 N–H and O–H groups in total. The number of hydrogen-bond donors (Lipinski definition) is 1. The molecule has 0 unspecified atom stereocenters. The minimum Gasteiger partial charge on any atom is -0.244 e. The van der Waals surface area contributed by atoms with Crippen LogP contribution in [0.25, 0.3) is 17.1 Å². The number of aromatic nitrogens is 3. The van der Waals surface area contributed by atoms with Gasteiger partial charge in [0.25, 0.3) is 0 Å². The Bertz CT molecular complexity index is 855. The molecular formula is C14H8ClF2N3O. The molecular weight excluding hydrogens is 300 g/mol. The van der Waals surface area contributed by atoms with Crippen LogP contribution in [0.1, 0.15) is 0 Å². The summed E-state index contributed by atoms with van der Waals surface area (Å²) in [6.07, 6.45) is 0. The van der Waals surface area contributed by atoms with E-state index in [1.807, 2.05) is 0 Å². The molecule has 0 radical (unpaired) electrons. The van der Waals surface area contributed by atoms with E-state index in [0.717, 1.165) is 12.1 Å². The smallest absolute Gasteiger partial charge is 0.244 e. The lowest BCUT2D eigenvalue weighted by atomic mass is 10.2. The van der Waals surface area contributed by atoms with Crippen molar-refractivity contribution in [2.45, 2.75) is 0 Å². The van der Waals surface area contributed by atoms with Gasteiger partial charge >= 0.3 is 5.69 Å². The normalized spacial score (nSPS) is 10.8. The first-order valence-electron chi connectivity index (χ1n) is 5.95. The third-order valence-electron chi connectivity index (χ3n) is 2.88. The summed E-state index contributed by atoms with van der Waals surface area (Å²) in [4.78, 5) is 15.2. The Morgan fingerprint density at radius 1 is 1.10 bits per heavy atom. The summed E-state index contributed by atoms with van der Waals surface area (Å²) < 4.78 is 28.2. The molecule has 7 heteroatoms. The van der Waals surface area contributed by atoms with Crippen LogP contribution in [0.3, 0.4) is 0 Å². The third kappa shape index (κ3) is 2.57. The van der Waals surface area contributed by atoms with Crippen molar-refractivity contribution < 1.29 is 8.78 Å². The van der Waals surface area contributed by atoms with Gasteiger partial charge < -0.3 is 0 Å². The van der Waals surface area contributed by atoms with Crippen LogP contribution in [0.4, 0.5) is 8.78 Å². The molecule has 4 nitrogen and oxygen atoms in total. The molecule has 0 fully saturated rings. The Morgan fingerprint density at radius 3 is 2.48 bits per heavy atom. The number of rotatable bonds is 2. The molecule has 0 aliphatic carbocycles. The molecule has 3 rings (SSSR count). The monoisotopic (exact) mass is 307 g/mol. The highest BCUT2D eigenvalue weighted by Crippen LogP contribution is 2.23. The van der Waals surface area contributed by atoms with Crippen molar-refractivity contribution in [1.29, 1.82) is 0 Å². The van der Waals surface area contributed by atoms with Crippen LogP contribution < -0.4 is 5.69 Å². The van der Waals surface area contributed by atoms with Gasteiger partial charge in [0.2, 0.25) is 0 Å². The summed E-state index contributed by atoms with van der Waals surface area (Å²) in [5, 5.41) is 2.99. The van der Waals surface area contributed by atoms with Crippen LogP contribution in [-0.2, 0) is 0 Å². The molecule has 21 heavy (non-hydrogen) atoms. The van der Waals surface area contributed by atoms with Crippen molar-refractivity contribution in [3.05, 3.63) is 69.6 Å². The second-order valence-electron chi connectivity index (χ2n) is 4.29. The maximum atomic E-state index is 13.9. The fourth-order valence-corrected chi connectivity index (χ4v) is 2.07. The standard InChI is InChI=1S/C14H8ClF2N3O/c15-8-1-4-10(5-2-8)20-13(18-14(21)19-20)11-6-3-9(16)7-12(11)17/h1-7H,(H,19,21). The molecule has 0 aliphatic rings. The van der Waals surface area contributed by atoms with Crippen LogP contribution in [0.5, 0.6) is 0 Å². The van der Waals surface area contributed by atoms with Crippen molar-refractivity contribution in [2.75, 3.05) is 0 Å². The van der Waals surface area contributed by atoms with Crippen molar-refractivity contribution in [3.63, 3.8) is 0 Å². The number of halogens is 3. The molecule has 0 saturated heterocycles. The molecule has 3 aromatic rings. The molecule has 106 valence electrons. The highest BCUT2D eigenvalue weighted by Gasteiger charge is 2.15. The minimum absolute atomic E-state index is 0.0182. The summed E-state index contributed by atoms with van der Waals surface area (Å²) >= 11 is 5.81. The first kappa shape index (κ1) is 13.5. The maximum Gasteiger partial charge on any atom is 0.362 e. The van der Waals surface area contributed by atoms with Crippen LogP contribution in [0.15, 0.2) is 47.3 Å². The molecule has 0 atom stereocenters. The zero-order valence-corrected chi connectivity index (χ0v) is 11.2. The predicted molar refractivity (Wildman–Crippen MR) is 74.5 cm³/mol. The van der Waals surface area contributed by atoms with E-state index >= 15 is 0 Å². The van der Waals surface area contributed by atoms with E-state index in [-0.39, 0.29) is 11.4 Å². The number of hydrogen-bond acceptors (Lipinski definition) is 2. The quantitative estimate of drug-likeness (QED) is 0.790. The van der Waals surface area contributed by atoms with Crippen molar-refractivity contribution in [1.82, 2.24) is 14.8 Å². The fourth-order valence-electron chi connectivity index (χ4n) is 1.95. The van der Waals surface area contributed by atoms with E-state index in [1.165, 1.54) is 10.7 Å². The average Bonchev–Trinajstić information content (AvgIpc) is 2.81. The van der Waals surface area contributed by atoms with E-state index in [0.29, 0.717) is 10.7 Å². The lowest BCUT2D eigenvalue weighted by molar-refractivity contribution is 0.584. The van der Waals surface area contributed by atoms with Gasteiger partial charge in [0.15, 0.2) is 5.82 Å². The van der Waals surface area contributed by atoms with Gasteiger partial charge in [-0.3, -0.25) is 0 Å². The Kier molecular flexibility index (Phi) is 3.31. The van der Waals surface area contributed by atoms with Crippen LogP contribution in [0, 0.1) is 11.6 Å². The lowest BCUT2D eigenvalue weighted by Gasteiger charge is -2.07. The Labute approximate surface area is 122 Å². The molecule has 0 amide bonds. The van der Waals surface area contributed by atoms with Gasteiger partial charge in [0.05, 0.1) is 11.3 Å². The summed E-state index contributed by atoms with van der Waals surface area (Å²) in [5.74, 6) is -1.45. The average molecular weight is 308 g/mol. The predicted octanol–water partition coefficient (Wildman–Crippen LogP) is 3.16. The zero-order valence-electron chi connectivity index (χ0n) is 10.5. The molecule has 1 heterocycles. The Morgan fingerprint density at radius 2 is 1.81 bits per heavy atom. The summed E-state index contributed by atoms with van der Waals surface area (Å²) in [6, 6.07) is 9.60. The largest absolute Gasteiger partial charge is 0.362 e. The van der Waals surface area contributed by atoms with E-state index in [1.54, 1.807) is 24.3 Å². The Hall–Kier alpha value is -2.47. The van der Waals surface area contributed by atoms with Crippen molar-refractivity contribution in [3.8, 4) is 17.1 Å². The molecule has 0 bridgehead atoms. The number of nitrogens with one attached hydrogen (secondary N) is 1. The second-order valence-corrected chi connectivity index (χ2v) is 4.72. The topological polar surface area (TPSA) is 50.7 Å². The molecule has 0 saturated carbocycles. The summed E-state index contributed by atoms with van der Waals surface area (Å²) in [7, 11) is 0. The Balaban J connectivity index is 2.20.